The van der Waals surface area contributed by atoms with Gasteiger partial charge in [0, 0.05) is 26.8 Å². The lowest BCUT2D eigenvalue weighted by Crippen LogP contribution is -2.10. The quantitative estimate of drug-likeness (QED) is 0.0369. The molecule has 0 aliphatic heterocycles. The summed E-state index contributed by atoms with van der Waals surface area (Å²) in [5, 5.41) is 18.7. The van der Waals surface area contributed by atoms with Gasteiger partial charge in [-0.15, -0.1) is 22.7 Å². The highest BCUT2D eigenvalue weighted by atomic mass is 32.1. The summed E-state index contributed by atoms with van der Waals surface area (Å²) in [5.41, 5.74) is 11.8. The largest absolute Gasteiger partial charge is 0.494 e. The van der Waals surface area contributed by atoms with E-state index >= 15 is 0 Å². The first-order valence-corrected chi connectivity index (χ1v) is 27.6. The fourth-order valence-corrected chi connectivity index (χ4v) is 11.2. The maximum Gasteiger partial charge on any atom is 0.346 e. The van der Waals surface area contributed by atoms with Gasteiger partial charge in [-0.05, 0) is 156 Å². The Bertz CT molecular complexity index is 3050. The van der Waals surface area contributed by atoms with Crippen LogP contribution < -0.4 is 14.4 Å². The second kappa shape index (κ2) is 25.0. The van der Waals surface area contributed by atoms with Crippen molar-refractivity contribution in [1.82, 2.24) is 4.57 Å². The molecule has 0 aliphatic carbocycles. The molecular formula is C64H67N3O4S2. The molecule has 0 saturated carbocycles. The highest BCUT2D eigenvalue weighted by Gasteiger charge is 2.24. The lowest BCUT2D eigenvalue weighted by atomic mass is 9.92. The second-order valence-electron chi connectivity index (χ2n) is 19.1. The van der Waals surface area contributed by atoms with Crippen LogP contribution in [-0.2, 0) is 4.79 Å². The zero-order chi connectivity index (χ0) is 51.3. The number of nitriles is 1. The van der Waals surface area contributed by atoms with Crippen molar-refractivity contribution in [3.63, 3.8) is 0 Å². The van der Waals surface area contributed by atoms with E-state index in [1.165, 1.54) is 71.2 Å². The summed E-state index contributed by atoms with van der Waals surface area (Å²) in [5.74, 6) is 1.12. The van der Waals surface area contributed by atoms with Crippen LogP contribution in [0, 0.1) is 11.3 Å². The van der Waals surface area contributed by atoms with Gasteiger partial charge in [0.05, 0.1) is 40.0 Å². The molecule has 0 radical (unpaired) electrons. The van der Waals surface area contributed by atoms with Gasteiger partial charge in [0.1, 0.15) is 23.1 Å². The third kappa shape index (κ3) is 12.7. The van der Waals surface area contributed by atoms with Gasteiger partial charge in [-0.25, -0.2) is 4.79 Å². The van der Waals surface area contributed by atoms with Crippen molar-refractivity contribution >= 4 is 51.8 Å². The van der Waals surface area contributed by atoms with E-state index in [0.29, 0.717) is 17.4 Å². The second-order valence-corrected chi connectivity index (χ2v) is 21.3. The van der Waals surface area contributed by atoms with E-state index in [9.17, 15) is 15.2 Å². The summed E-state index contributed by atoms with van der Waals surface area (Å²) in [6.07, 6.45) is 10.8. The number of anilines is 3. The molecule has 73 heavy (non-hydrogen) atoms. The minimum Gasteiger partial charge on any atom is -0.494 e. The minimum absolute atomic E-state index is 0.293. The van der Waals surface area contributed by atoms with Crippen LogP contribution in [0.3, 0.4) is 0 Å². The Labute approximate surface area is 440 Å². The molecule has 0 aliphatic rings. The number of ether oxygens (including phenoxy) is 2. The highest BCUT2D eigenvalue weighted by Crippen LogP contribution is 2.45. The van der Waals surface area contributed by atoms with Gasteiger partial charge in [-0.1, -0.05) is 135 Å². The number of nitrogens with zero attached hydrogens (tertiary/aromatic N) is 3. The lowest BCUT2D eigenvalue weighted by Gasteiger charge is -2.26. The van der Waals surface area contributed by atoms with Crippen molar-refractivity contribution in [2.24, 2.45) is 0 Å². The molecule has 0 amide bonds. The number of hydrogen-bond donors (Lipinski definition) is 1. The van der Waals surface area contributed by atoms with Crippen molar-refractivity contribution in [1.29, 1.82) is 5.26 Å². The molecule has 0 atom stereocenters. The van der Waals surface area contributed by atoms with E-state index in [1.54, 1.807) is 28.7 Å². The number of thiophene rings is 2. The summed E-state index contributed by atoms with van der Waals surface area (Å²) in [4.78, 5) is 18.4. The summed E-state index contributed by atoms with van der Waals surface area (Å²) >= 11 is 3.54. The van der Waals surface area contributed by atoms with Gasteiger partial charge >= 0.3 is 5.97 Å². The molecule has 8 rings (SSSR count). The van der Waals surface area contributed by atoms with E-state index in [4.69, 9.17) is 9.47 Å². The number of benzene rings is 5. The Morgan fingerprint density at radius 2 is 1.00 bits per heavy atom. The van der Waals surface area contributed by atoms with Crippen molar-refractivity contribution in [2.45, 2.75) is 105 Å². The summed E-state index contributed by atoms with van der Waals surface area (Å²) < 4.78 is 14.8. The molecule has 0 bridgehead atoms. The lowest BCUT2D eigenvalue weighted by molar-refractivity contribution is -0.132. The number of rotatable bonds is 24. The number of hydrogen-bond acceptors (Lipinski definition) is 7. The van der Waals surface area contributed by atoms with Gasteiger partial charge in [-0.2, -0.15) is 5.26 Å². The van der Waals surface area contributed by atoms with E-state index in [0.717, 1.165) is 86.9 Å². The third-order valence-corrected chi connectivity index (χ3v) is 15.5. The molecular weight excluding hydrogens is 939 g/mol. The standard InChI is InChI=1S/C64H67N3O4S2/c1-7-9-11-13-40-70-53-30-26-51(27-31-53)66(52-28-32-54(33-29-52)71-41-14-12-10-8-2)50-24-22-48(23-25-50)60-37-39-62(73-60)58-35-34-57(67(58)63-55(44(3)4)16-15-17-56(63)45(5)6)61-38-36-59(72-61)47-20-18-46(19-21-47)42-49(43-65)64(68)69/h15-39,42,44-45H,7-14,40-41H2,1-6H3,(H,68,69)/b49-42+. The molecule has 9 heteroatoms. The first-order chi connectivity index (χ1) is 35.6. The minimum atomic E-state index is -1.24. The van der Waals surface area contributed by atoms with Gasteiger partial charge in [0.25, 0.3) is 0 Å². The number of aromatic nitrogens is 1. The number of carbonyl (C=O) groups is 1. The predicted molar refractivity (Wildman–Crippen MR) is 307 cm³/mol. The van der Waals surface area contributed by atoms with E-state index in [-0.39, 0.29) is 5.57 Å². The van der Waals surface area contributed by atoms with Gasteiger partial charge in [0.15, 0.2) is 0 Å². The molecule has 374 valence electrons. The molecule has 3 aromatic heterocycles. The Morgan fingerprint density at radius 3 is 1.41 bits per heavy atom. The zero-order valence-electron chi connectivity index (χ0n) is 43.1. The Balaban J connectivity index is 1.12. The number of unbranched alkanes of at least 4 members (excludes halogenated alkanes) is 6. The Morgan fingerprint density at radius 1 is 0.575 bits per heavy atom. The summed E-state index contributed by atoms with van der Waals surface area (Å²) in [7, 11) is 0. The molecule has 0 fully saturated rings. The van der Waals surface area contributed by atoms with E-state index in [1.807, 2.05) is 24.3 Å². The third-order valence-electron chi connectivity index (χ3n) is 13.2. The molecule has 0 unspecified atom stereocenters. The van der Waals surface area contributed by atoms with Gasteiger partial charge in [0.2, 0.25) is 0 Å². The first kappa shape index (κ1) is 52.2. The van der Waals surface area contributed by atoms with Crippen LogP contribution >= 0.6 is 22.7 Å². The monoisotopic (exact) mass is 1010 g/mol. The van der Waals surface area contributed by atoms with Crippen molar-refractivity contribution in [3.8, 4) is 65.3 Å². The van der Waals surface area contributed by atoms with Crippen molar-refractivity contribution in [2.75, 3.05) is 18.1 Å². The van der Waals surface area contributed by atoms with Crippen LogP contribution in [0.2, 0.25) is 0 Å². The first-order valence-electron chi connectivity index (χ1n) is 25.9. The predicted octanol–water partition coefficient (Wildman–Crippen LogP) is 18.9. The molecule has 5 aromatic carbocycles. The van der Waals surface area contributed by atoms with Gasteiger partial charge in [-0.3, -0.25) is 0 Å². The Kier molecular flexibility index (Phi) is 17.9. The number of aliphatic carboxylic acids is 1. The molecule has 7 nitrogen and oxygen atoms in total. The average Bonchev–Trinajstić information content (AvgIpc) is 4.20. The number of carboxylic acids is 1. The van der Waals surface area contributed by atoms with Crippen LogP contribution in [-0.4, -0.2) is 28.9 Å². The summed E-state index contributed by atoms with van der Waals surface area (Å²) in [6.45, 7) is 15.0. The fraction of sp³-hybridized carbons (Fsp3) is 0.281. The molecule has 0 saturated heterocycles. The normalized spacial score (nSPS) is 11.6. The van der Waals surface area contributed by atoms with Crippen LogP contribution in [0.15, 0.2) is 157 Å². The van der Waals surface area contributed by atoms with E-state index in [2.05, 4.69) is 178 Å². The number of para-hydroxylation sites is 1. The highest BCUT2D eigenvalue weighted by molar-refractivity contribution is 7.19. The molecule has 0 spiro atoms. The summed E-state index contributed by atoms with van der Waals surface area (Å²) in [6, 6.07) is 55.4. The van der Waals surface area contributed by atoms with Crippen LogP contribution in [0.1, 0.15) is 121 Å². The van der Waals surface area contributed by atoms with Crippen LogP contribution in [0.5, 0.6) is 11.5 Å². The van der Waals surface area contributed by atoms with E-state index < -0.39 is 5.97 Å². The number of carboxylic acid groups (broad SMARTS) is 1. The SMILES string of the molecule is CCCCCCOc1ccc(N(c2ccc(OCCCCCC)cc2)c2ccc(-c3ccc(-c4ccc(-c5ccc(-c6ccc(/C=C(\C#N)C(=O)O)cc6)s5)n4-c4c(C(C)C)cccc4C(C)C)s3)cc2)cc1. The molecule has 1 N–H and O–H groups in total. The average molecular weight is 1010 g/mol. The zero-order valence-corrected chi connectivity index (χ0v) is 44.7. The molecule has 3 heterocycles. The van der Waals surface area contributed by atoms with Gasteiger partial charge < -0.3 is 24.0 Å². The molecule has 8 aromatic rings. The fourth-order valence-electron chi connectivity index (χ4n) is 9.19. The Hall–Kier alpha value is -7.12. The van der Waals surface area contributed by atoms with Crippen LogP contribution in [0.25, 0.3) is 53.8 Å². The van der Waals surface area contributed by atoms with Crippen molar-refractivity contribution < 1.29 is 19.4 Å². The topological polar surface area (TPSA) is 87.7 Å². The maximum absolute atomic E-state index is 11.5. The smallest absolute Gasteiger partial charge is 0.346 e. The maximum atomic E-state index is 11.5. The van der Waals surface area contributed by atoms with Crippen LogP contribution in [0.4, 0.5) is 17.1 Å². The van der Waals surface area contributed by atoms with Crippen molar-refractivity contribution in [3.05, 3.63) is 174 Å².